The van der Waals surface area contributed by atoms with Crippen LogP contribution >= 0.6 is 15.9 Å². The Balaban J connectivity index is 1.94. The highest BCUT2D eigenvalue weighted by molar-refractivity contribution is 9.10. The summed E-state index contributed by atoms with van der Waals surface area (Å²) in [6, 6.07) is 9.75. The van der Waals surface area contributed by atoms with E-state index in [-0.39, 0.29) is 0 Å². The van der Waals surface area contributed by atoms with Crippen LogP contribution in [0.2, 0.25) is 0 Å². The minimum Gasteiger partial charge on any atom is -0.497 e. The summed E-state index contributed by atoms with van der Waals surface area (Å²) >= 11 is 3.27. The van der Waals surface area contributed by atoms with Crippen LogP contribution in [0.3, 0.4) is 0 Å². The first kappa shape index (κ1) is 11.1. The van der Waals surface area contributed by atoms with Crippen molar-refractivity contribution in [2.75, 3.05) is 12.4 Å². The van der Waals surface area contributed by atoms with Crippen LogP contribution in [-0.4, -0.2) is 7.11 Å². The van der Waals surface area contributed by atoms with E-state index < -0.39 is 0 Å². The van der Waals surface area contributed by atoms with Gasteiger partial charge < -0.3 is 14.5 Å². The Morgan fingerprint density at radius 1 is 1.31 bits per heavy atom. The SMILES string of the molecule is COc1ccc(NCc2coc(Br)c2)cc1. The van der Waals surface area contributed by atoms with E-state index in [4.69, 9.17) is 9.15 Å². The lowest BCUT2D eigenvalue weighted by Gasteiger charge is -2.05. The molecule has 0 unspecified atom stereocenters. The number of nitrogens with one attached hydrogen (secondary N) is 1. The van der Waals surface area contributed by atoms with E-state index in [0.717, 1.165) is 28.2 Å². The molecule has 3 nitrogen and oxygen atoms in total. The van der Waals surface area contributed by atoms with Crippen molar-refractivity contribution in [1.29, 1.82) is 0 Å². The van der Waals surface area contributed by atoms with E-state index in [0.29, 0.717) is 0 Å². The molecule has 84 valence electrons. The summed E-state index contributed by atoms with van der Waals surface area (Å²) in [5, 5.41) is 3.29. The van der Waals surface area contributed by atoms with Crippen LogP contribution in [0, 0.1) is 0 Å². The van der Waals surface area contributed by atoms with Gasteiger partial charge in [0.05, 0.1) is 13.4 Å². The fourth-order valence-corrected chi connectivity index (χ4v) is 1.74. The highest BCUT2D eigenvalue weighted by Gasteiger charge is 1.99. The Morgan fingerprint density at radius 3 is 2.62 bits per heavy atom. The van der Waals surface area contributed by atoms with Crippen molar-refractivity contribution in [3.63, 3.8) is 0 Å². The predicted octanol–water partition coefficient (Wildman–Crippen LogP) is 3.66. The third-order valence-corrected chi connectivity index (χ3v) is 2.62. The maximum atomic E-state index is 5.15. The summed E-state index contributed by atoms with van der Waals surface area (Å²) in [6.45, 7) is 0.738. The Labute approximate surface area is 103 Å². The molecule has 1 aromatic heterocycles. The van der Waals surface area contributed by atoms with Crippen molar-refractivity contribution in [2.24, 2.45) is 0 Å². The van der Waals surface area contributed by atoms with Gasteiger partial charge in [0.15, 0.2) is 4.67 Å². The minimum atomic E-state index is 0.738. The van der Waals surface area contributed by atoms with Crippen molar-refractivity contribution in [3.05, 3.63) is 46.8 Å². The maximum Gasteiger partial charge on any atom is 0.169 e. The second kappa shape index (κ2) is 5.07. The molecule has 0 aliphatic carbocycles. The molecule has 1 N–H and O–H groups in total. The maximum absolute atomic E-state index is 5.15. The van der Waals surface area contributed by atoms with Gasteiger partial charge in [-0.05, 0) is 46.3 Å². The van der Waals surface area contributed by atoms with E-state index in [1.165, 1.54) is 0 Å². The summed E-state index contributed by atoms with van der Waals surface area (Å²) in [7, 11) is 1.66. The Hall–Kier alpha value is -1.42. The highest BCUT2D eigenvalue weighted by Crippen LogP contribution is 2.18. The standard InChI is InChI=1S/C12H12BrNO2/c1-15-11-4-2-10(3-5-11)14-7-9-6-12(13)16-8-9/h2-6,8,14H,7H2,1H3. The first-order chi connectivity index (χ1) is 7.78. The Bertz CT molecular complexity index is 450. The van der Waals surface area contributed by atoms with Crippen molar-refractivity contribution in [3.8, 4) is 5.75 Å². The van der Waals surface area contributed by atoms with Crippen molar-refractivity contribution in [1.82, 2.24) is 0 Å². The average molecular weight is 282 g/mol. The van der Waals surface area contributed by atoms with Crippen LogP contribution in [0.25, 0.3) is 0 Å². The normalized spacial score (nSPS) is 10.1. The molecule has 1 heterocycles. The molecule has 0 saturated heterocycles. The molecule has 0 amide bonds. The molecule has 0 aliphatic rings. The van der Waals surface area contributed by atoms with Gasteiger partial charge in [0.2, 0.25) is 0 Å². The van der Waals surface area contributed by atoms with Gasteiger partial charge >= 0.3 is 0 Å². The Kier molecular flexibility index (Phi) is 3.51. The fourth-order valence-electron chi connectivity index (χ4n) is 1.35. The third kappa shape index (κ3) is 2.79. The smallest absolute Gasteiger partial charge is 0.169 e. The molecule has 0 fully saturated rings. The van der Waals surface area contributed by atoms with Crippen molar-refractivity contribution >= 4 is 21.6 Å². The molecule has 0 spiro atoms. The van der Waals surface area contributed by atoms with Crippen LogP contribution in [-0.2, 0) is 6.54 Å². The molecular formula is C12H12BrNO2. The zero-order valence-corrected chi connectivity index (χ0v) is 10.5. The molecule has 2 rings (SSSR count). The molecule has 0 radical (unpaired) electrons. The number of rotatable bonds is 4. The summed E-state index contributed by atoms with van der Waals surface area (Å²) in [5.74, 6) is 0.858. The number of halogens is 1. The molecule has 0 saturated carbocycles. The van der Waals surface area contributed by atoms with Gasteiger partial charge in [-0.1, -0.05) is 0 Å². The van der Waals surface area contributed by atoms with Gasteiger partial charge in [0.1, 0.15) is 5.75 Å². The zero-order chi connectivity index (χ0) is 11.4. The summed E-state index contributed by atoms with van der Waals surface area (Å²) in [4.78, 5) is 0. The number of hydrogen-bond donors (Lipinski definition) is 1. The minimum absolute atomic E-state index is 0.738. The number of anilines is 1. The van der Waals surface area contributed by atoms with Gasteiger partial charge in [0, 0.05) is 17.8 Å². The van der Waals surface area contributed by atoms with Crippen LogP contribution < -0.4 is 10.1 Å². The van der Waals surface area contributed by atoms with Crippen LogP contribution in [0.1, 0.15) is 5.56 Å². The lowest BCUT2D eigenvalue weighted by molar-refractivity contribution is 0.415. The molecule has 4 heteroatoms. The molecule has 0 bridgehead atoms. The van der Waals surface area contributed by atoms with Crippen molar-refractivity contribution < 1.29 is 9.15 Å². The summed E-state index contributed by atoms with van der Waals surface area (Å²) in [6.07, 6.45) is 1.72. The second-order valence-electron chi connectivity index (χ2n) is 3.34. The number of methoxy groups -OCH3 is 1. The molecule has 0 aliphatic heterocycles. The van der Waals surface area contributed by atoms with E-state index in [9.17, 15) is 0 Å². The lowest BCUT2D eigenvalue weighted by Crippen LogP contribution is -1.97. The largest absolute Gasteiger partial charge is 0.497 e. The van der Waals surface area contributed by atoms with Crippen molar-refractivity contribution in [2.45, 2.75) is 6.54 Å². The van der Waals surface area contributed by atoms with Gasteiger partial charge in [-0.25, -0.2) is 0 Å². The highest BCUT2D eigenvalue weighted by atomic mass is 79.9. The molecule has 2 aromatic rings. The lowest BCUT2D eigenvalue weighted by atomic mass is 10.3. The van der Waals surface area contributed by atoms with Gasteiger partial charge in [0.25, 0.3) is 0 Å². The summed E-state index contributed by atoms with van der Waals surface area (Å²) < 4.78 is 11.0. The fraction of sp³-hybridized carbons (Fsp3) is 0.167. The first-order valence-corrected chi connectivity index (χ1v) is 5.68. The van der Waals surface area contributed by atoms with Crippen LogP contribution in [0.5, 0.6) is 5.75 Å². The number of benzene rings is 1. The van der Waals surface area contributed by atoms with Crippen LogP contribution in [0.15, 0.2) is 45.7 Å². The monoisotopic (exact) mass is 281 g/mol. The second-order valence-corrected chi connectivity index (χ2v) is 4.12. The molecule has 0 atom stereocenters. The van der Waals surface area contributed by atoms with E-state index in [2.05, 4.69) is 21.2 Å². The predicted molar refractivity (Wildman–Crippen MR) is 66.7 cm³/mol. The van der Waals surface area contributed by atoms with Gasteiger partial charge in [-0.2, -0.15) is 0 Å². The number of furan rings is 1. The number of hydrogen-bond acceptors (Lipinski definition) is 3. The third-order valence-electron chi connectivity index (χ3n) is 2.21. The molecular weight excluding hydrogens is 270 g/mol. The van der Waals surface area contributed by atoms with Crippen LogP contribution in [0.4, 0.5) is 5.69 Å². The quantitative estimate of drug-likeness (QED) is 0.929. The van der Waals surface area contributed by atoms with E-state index >= 15 is 0 Å². The van der Waals surface area contributed by atoms with Gasteiger partial charge in [-0.15, -0.1) is 0 Å². The molecule has 1 aromatic carbocycles. The molecule has 16 heavy (non-hydrogen) atoms. The zero-order valence-electron chi connectivity index (χ0n) is 8.87. The average Bonchev–Trinajstić information content (AvgIpc) is 2.73. The van der Waals surface area contributed by atoms with E-state index in [1.807, 2.05) is 30.3 Å². The van der Waals surface area contributed by atoms with E-state index in [1.54, 1.807) is 13.4 Å². The topological polar surface area (TPSA) is 34.4 Å². The van der Waals surface area contributed by atoms with Gasteiger partial charge in [-0.3, -0.25) is 0 Å². The Morgan fingerprint density at radius 2 is 2.06 bits per heavy atom. The first-order valence-electron chi connectivity index (χ1n) is 4.89. The summed E-state index contributed by atoms with van der Waals surface area (Å²) in [5.41, 5.74) is 2.15. The number of ether oxygens (including phenoxy) is 1.